The number of halogens is 1. The molecule has 0 radical (unpaired) electrons. The number of nitro groups is 1. The fourth-order valence-corrected chi connectivity index (χ4v) is 4.64. The van der Waals surface area contributed by atoms with Crippen LogP contribution in [0.1, 0.15) is 24.1 Å². The van der Waals surface area contributed by atoms with E-state index in [0.29, 0.717) is 16.4 Å². The minimum absolute atomic E-state index is 0.112. The number of carbonyl (C=O) groups is 2. The first kappa shape index (κ1) is 22.1. The van der Waals surface area contributed by atoms with Gasteiger partial charge in [-0.2, -0.15) is 0 Å². The number of fused-ring (bicyclic) bond motifs is 1. The lowest BCUT2D eigenvalue weighted by atomic mass is 9.90. The van der Waals surface area contributed by atoms with Crippen LogP contribution in [0.25, 0.3) is 0 Å². The Bertz CT molecular complexity index is 1280. The van der Waals surface area contributed by atoms with Crippen molar-refractivity contribution in [3.8, 4) is 0 Å². The maximum absolute atomic E-state index is 13.6. The number of nitro benzene ring substituents is 1. The van der Waals surface area contributed by atoms with Crippen LogP contribution in [0, 0.1) is 16.0 Å². The van der Waals surface area contributed by atoms with Crippen LogP contribution in [0.3, 0.4) is 0 Å². The van der Waals surface area contributed by atoms with Gasteiger partial charge < -0.3 is 0 Å². The summed E-state index contributed by atoms with van der Waals surface area (Å²) in [5.74, 6) is -1.70. The molecule has 2 saturated heterocycles. The van der Waals surface area contributed by atoms with E-state index in [0.717, 1.165) is 22.4 Å². The van der Waals surface area contributed by atoms with Crippen molar-refractivity contribution >= 4 is 40.5 Å². The van der Waals surface area contributed by atoms with E-state index in [4.69, 9.17) is 16.4 Å². The number of hydrogen-bond donors (Lipinski definition) is 0. The smallest absolute Gasteiger partial charge is 0.271 e. The molecule has 2 heterocycles. The van der Waals surface area contributed by atoms with E-state index in [1.54, 1.807) is 36.4 Å². The summed E-state index contributed by atoms with van der Waals surface area (Å²) in [6, 6.07) is 19.5. The van der Waals surface area contributed by atoms with E-state index in [-0.39, 0.29) is 5.69 Å². The number of imide groups is 1. The maximum atomic E-state index is 13.6. The molecule has 3 aromatic rings. The van der Waals surface area contributed by atoms with Crippen LogP contribution in [-0.4, -0.2) is 22.8 Å². The molecule has 0 saturated carbocycles. The van der Waals surface area contributed by atoms with Crippen LogP contribution in [0.15, 0.2) is 72.8 Å². The van der Waals surface area contributed by atoms with E-state index in [2.05, 4.69) is 0 Å². The second-order valence-corrected chi connectivity index (χ2v) is 8.62. The molecule has 2 amide bonds. The van der Waals surface area contributed by atoms with Gasteiger partial charge in [-0.25, -0.2) is 9.96 Å². The third-order valence-corrected chi connectivity index (χ3v) is 6.48. The fraction of sp³-hybridized carbons (Fsp3) is 0.200. The summed E-state index contributed by atoms with van der Waals surface area (Å²) in [4.78, 5) is 45.0. The molecule has 0 spiro atoms. The van der Waals surface area contributed by atoms with Crippen molar-refractivity contribution in [3.05, 3.63) is 99.1 Å². The van der Waals surface area contributed by atoms with Crippen molar-refractivity contribution in [2.75, 3.05) is 9.96 Å². The first-order valence-electron chi connectivity index (χ1n) is 10.8. The summed E-state index contributed by atoms with van der Waals surface area (Å²) in [6.07, 6.45) is -0.206. The standard InChI is InChI=1S/C25H20ClN3O5/c1-2-15-6-8-16(9-7-15)22-21-23(34-28(22)19-4-3-5-20(14-19)29(32)33)25(31)27(24(21)30)18-12-10-17(26)11-13-18/h3-14,21-23H,2H2,1H3/t21-,22+,23-/m1/s1. The highest BCUT2D eigenvalue weighted by molar-refractivity contribution is 6.31. The number of amides is 2. The highest BCUT2D eigenvalue weighted by Gasteiger charge is 2.60. The van der Waals surface area contributed by atoms with Crippen molar-refractivity contribution in [2.24, 2.45) is 5.92 Å². The van der Waals surface area contributed by atoms with Crippen LogP contribution in [0.2, 0.25) is 5.02 Å². The van der Waals surface area contributed by atoms with Gasteiger partial charge in [-0.15, -0.1) is 0 Å². The van der Waals surface area contributed by atoms with Gasteiger partial charge in [0.1, 0.15) is 5.92 Å². The van der Waals surface area contributed by atoms with Crippen LogP contribution in [-0.2, 0) is 20.8 Å². The first-order chi connectivity index (χ1) is 16.4. The van der Waals surface area contributed by atoms with Gasteiger partial charge in [0.15, 0.2) is 6.10 Å². The summed E-state index contributed by atoms with van der Waals surface area (Å²) in [5, 5.41) is 13.3. The van der Waals surface area contributed by atoms with Gasteiger partial charge >= 0.3 is 0 Å². The van der Waals surface area contributed by atoms with Gasteiger partial charge in [-0.1, -0.05) is 48.9 Å². The number of anilines is 2. The Morgan fingerprint density at radius 3 is 2.32 bits per heavy atom. The molecule has 0 aliphatic carbocycles. The monoisotopic (exact) mass is 477 g/mol. The molecule has 172 valence electrons. The summed E-state index contributed by atoms with van der Waals surface area (Å²) >= 11 is 5.97. The highest BCUT2D eigenvalue weighted by Crippen LogP contribution is 2.48. The van der Waals surface area contributed by atoms with Crippen molar-refractivity contribution in [1.29, 1.82) is 0 Å². The zero-order chi connectivity index (χ0) is 24.0. The number of benzene rings is 3. The molecular formula is C25H20ClN3O5. The number of rotatable bonds is 5. The van der Waals surface area contributed by atoms with Gasteiger partial charge in [0, 0.05) is 17.2 Å². The second kappa shape index (κ2) is 8.55. The molecule has 9 heteroatoms. The fourth-order valence-electron chi connectivity index (χ4n) is 4.52. The van der Waals surface area contributed by atoms with Crippen LogP contribution in [0.4, 0.5) is 17.1 Å². The predicted octanol–water partition coefficient (Wildman–Crippen LogP) is 4.86. The molecule has 34 heavy (non-hydrogen) atoms. The molecular weight excluding hydrogens is 458 g/mol. The number of aryl methyl sites for hydroxylation is 1. The Hall–Kier alpha value is -3.75. The van der Waals surface area contributed by atoms with Crippen LogP contribution >= 0.6 is 11.6 Å². The lowest BCUT2D eigenvalue weighted by Gasteiger charge is -2.28. The van der Waals surface area contributed by atoms with E-state index >= 15 is 0 Å². The molecule has 2 fully saturated rings. The number of nitrogens with zero attached hydrogens (tertiary/aromatic N) is 3. The molecule has 0 unspecified atom stereocenters. The summed E-state index contributed by atoms with van der Waals surface area (Å²) in [7, 11) is 0. The number of carbonyl (C=O) groups excluding carboxylic acids is 2. The van der Waals surface area contributed by atoms with E-state index in [1.807, 2.05) is 31.2 Å². The Kier molecular flexibility index (Phi) is 5.55. The Morgan fingerprint density at radius 1 is 0.971 bits per heavy atom. The number of non-ortho nitro benzene ring substituents is 1. The molecule has 0 bridgehead atoms. The summed E-state index contributed by atoms with van der Waals surface area (Å²) in [5.41, 5.74) is 2.60. The van der Waals surface area contributed by atoms with Gasteiger partial charge in [-0.3, -0.25) is 24.5 Å². The van der Waals surface area contributed by atoms with Gasteiger partial charge in [0.2, 0.25) is 5.91 Å². The lowest BCUT2D eigenvalue weighted by Crippen LogP contribution is -2.37. The normalized spacial score (nSPS) is 21.8. The predicted molar refractivity (Wildman–Crippen MR) is 126 cm³/mol. The number of hydroxylamine groups is 1. The minimum atomic E-state index is -1.06. The Balaban J connectivity index is 1.58. The Labute approximate surface area is 200 Å². The zero-order valence-electron chi connectivity index (χ0n) is 18.1. The van der Waals surface area contributed by atoms with Crippen molar-refractivity contribution in [2.45, 2.75) is 25.5 Å². The Morgan fingerprint density at radius 2 is 1.68 bits per heavy atom. The first-order valence-corrected chi connectivity index (χ1v) is 11.2. The maximum Gasteiger partial charge on any atom is 0.271 e. The topological polar surface area (TPSA) is 93.0 Å². The molecule has 2 aliphatic rings. The molecule has 3 atom stereocenters. The summed E-state index contributed by atoms with van der Waals surface area (Å²) < 4.78 is 0. The molecule has 0 aromatic heterocycles. The minimum Gasteiger partial charge on any atom is -0.273 e. The molecule has 0 N–H and O–H groups in total. The summed E-state index contributed by atoms with van der Waals surface area (Å²) in [6.45, 7) is 2.04. The largest absolute Gasteiger partial charge is 0.273 e. The average Bonchev–Trinajstić information content (AvgIpc) is 3.36. The second-order valence-electron chi connectivity index (χ2n) is 8.18. The van der Waals surface area contributed by atoms with E-state index in [1.165, 1.54) is 17.2 Å². The SMILES string of the molecule is CCc1ccc([C@H]2[C@H]3C(=O)N(c4ccc(Cl)cc4)C(=O)[C@@H]3ON2c2cccc([N+](=O)[O-])c2)cc1. The molecule has 8 nitrogen and oxygen atoms in total. The molecule has 2 aliphatic heterocycles. The number of hydrogen-bond acceptors (Lipinski definition) is 6. The zero-order valence-corrected chi connectivity index (χ0v) is 18.9. The third-order valence-electron chi connectivity index (χ3n) is 6.22. The third kappa shape index (κ3) is 3.61. The van der Waals surface area contributed by atoms with Gasteiger partial charge in [0.25, 0.3) is 11.6 Å². The van der Waals surface area contributed by atoms with Crippen molar-refractivity contribution < 1.29 is 19.3 Å². The lowest BCUT2D eigenvalue weighted by molar-refractivity contribution is -0.384. The molecule has 5 rings (SSSR count). The highest BCUT2D eigenvalue weighted by atomic mass is 35.5. The van der Waals surface area contributed by atoms with Crippen molar-refractivity contribution in [3.63, 3.8) is 0 Å². The van der Waals surface area contributed by atoms with Crippen LogP contribution in [0.5, 0.6) is 0 Å². The van der Waals surface area contributed by atoms with E-state index < -0.39 is 34.8 Å². The van der Waals surface area contributed by atoms with Crippen LogP contribution < -0.4 is 9.96 Å². The quantitative estimate of drug-likeness (QED) is 0.296. The molecule has 3 aromatic carbocycles. The van der Waals surface area contributed by atoms with Gasteiger partial charge in [0.05, 0.1) is 22.3 Å². The average molecular weight is 478 g/mol. The van der Waals surface area contributed by atoms with Crippen molar-refractivity contribution in [1.82, 2.24) is 0 Å². The van der Waals surface area contributed by atoms with Gasteiger partial charge in [-0.05, 0) is 47.9 Å². The van der Waals surface area contributed by atoms with E-state index in [9.17, 15) is 19.7 Å².